The highest BCUT2D eigenvalue weighted by Crippen LogP contribution is 2.29. The summed E-state index contributed by atoms with van der Waals surface area (Å²) in [5.41, 5.74) is 0.494. The Kier molecular flexibility index (Phi) is 8.08. The molecule has 0 spiro atoms. The number of anilines is 2. The van der Waals surface area contributed by atoms with E-state index >= 15 is 0 Å². The highest BCUT2D eigenvalue weighted by Gasteiger charge is 2.25. The normalized spacial score (nSPS) is 14.4. The Hall–Kier alpha value is -3.10. The molecular weight excluding hydrogens is 420 g/mol. The number of nitrogens with zero attached hydrogens (tertiary/aromatic N) is 2. The van der Waals surface area contributed by atoms with Gasteiger partial charge in [-0.15, -0.1) is 0 Å². The molecule has 174 valence electrons. The van der Waals surface area contributed by atoms with E-state index in [0.717, 1.165) is 12.1 Å². The highest BCUT2D eigenvalue weighted by molar-refractivity contribution is 5.68. The molecule has 0 unspecified atom stereocenters. The van der Waals surface area contributed by atoms with Gasteiger partial charge in [-0.3, -0.25) is 0 Å². The van der Waals surface area contributed by atoms with Gasteiger partial charge in [0, 0.05) is 56.0 Å². The number of carbonyl (C=O) groups is 1. The molecule has 1 saturated heterocycles. The Labute approximate surface area is 186 Å². The van der Waals surface area contributed by atoms with Gasteiger partial charge in [-0.2, -0.15) is 0 Å². The molecule has 7 nitrogen and oxygen atoms in total. The maximum atomic E-state index is 14.4. The van der Waals surface area contributed by atoms with E-state index in [4.69, 9.17) is 14.2 Å². The monoisotopic (exact) mass is 449 g/mol. The van der Waals surface area contributed by atoms with Gasteiger partial charge in [0.15, 0.2) is 17.4 Å². The lowest BCUT2D eigenvalue weighted by Gasteiger charge is -2.31. The van der Waals surface area contributed by atoms with Gasteiger partial charge in [-0.25, -0.2) is 18.6 Å². The zero-order valence-corrected chi connectivity index (χ0v) is 18.6. The van der Waals surface area contributed by atoms with Crippen LogP contribution in [0.25, 0.3) is 0 Å². The summed E-state index contributed by atoms with van der Waals surface area (Å²) in [6.45, 7) is 6.89. The third-order valence-corrected chi connectivity index (χ3v) is 4.82. The van der Waals surface area contributed by atoms with Crippen molar-refractivity contribution in [2.45, 2.75) is 52.2 Å². The van der Waals surface area contributed by atoms with Crippen LogP contribution in [0.4, 0.5) is 25.0 Å². The molecule has 0 saturated carbocycles. The Morgan fingerprint density at radius 1 is 1.22 bits per heavy atom. The fourth-order valence-electron chi connectivity index (χ4n) is 3.26. The number of pyridine rings is 1. The molecule has 32 heavy (non-hydrogen) atoms. The predicted molar refractivity (Wildman–Crippen MR) is 117 cm³/mol. The lowest BCUT2D eigenvalue weighted by Crippen LogP contribution is -2.42. The molecule has 3 rings (SSSR count). The topological polar surface area (TPSA) is 72.9 Å². The summed E-state index contributed by atoms with van der Waals surface area (Å²) >= 11 is 0. The third kappa shape index (κ3) is 6.45. The Morgan fingerprint density at radius 2 is 1.97 bits per heavy atom. The van der Waals surface area contributed by atoms with Crippen LogP contribution in [0.5, 0.6) is 11.6 Å². The van der Waals surface area contributed by atoms with Gasteiger partial charge in [0.1, 0.15) is 6.10 Å². The van der Waals surface area contributed by atoms with E-state index in [2.05, 4.69) is 10.3 Å². The van der Waals surface area contributed by atoms with E-state index in [0.29, 0.717) is 50.5 Å². The molecule has 1 aromatic heterocycles. The van der Waals surface area contributed by atoms with Crippen LogP contribution in [0.3, 0.4) is 0 Å². The van der Waals surface area contributed by atoms with Crippen LogP contribution < -0.4 is 14.8 Å². The number of aromatic nitrogens is 1. The van der Waals surface area contributed by atoms with Crippen molar-refractivity contribution in [3.63, 3.8) is 0 Å². The number of hydrogen-bond acceptors (Lipinski definition) is 6. The first kappa shape index (κ1) is 23.6. The van der Waals surface area contributed by atoms with Crippen molar-refractivity contribution in [3.05, 3.63) is 42.1 Å². The average molecular weight is 449 g/mol. The van der Waals surface area contributed by atoms with Gasteiger partial charge in [0.2, 0.25) is 5.88 Å². The van der Waals surface area contributed by atoms with Gasteiger partial charge in [-0.1, -0.05) is 6.92 Å². The Bertz CT molecular complexity index is 918. The molecular formula is C23H29F2N3O4. The second-order valence-electron chi connectivity index (χ2n) is 7.86. The van der Waals surface area contributed by atoms with Gasteiger partial charge >= 0.3 is 6.09 Å². The quantitative estimate of drug-likeness (QED) is 0.591. The molecule has 1 aliphatic rings. The van der Waals surface area contributed by atoms with Crippen LogP contribution in [-0.2, 0) is 4.74 Å². The smallest absolute Gasteiger partial charge is 0.410 e. The van der Waals surface area contributed by atoms with E-state index in [9.17, 15) is 13.6 Å². The number of carbonyl (C=O) groups excluding carboxylic acids is 1. The Morgan fingerprint density at radius 3 is 2.66 bits per heavy atom. The second-order valence-corrected chi connectivity index (χ2v) is 7.86. The summed E-state index contributed by atoms with van der Waals surface area (Å²) < 4.78 is 45.0. The van der Waals surface area contributed by atoms with Crippen LogP contribution in [-0.4, -0.2) is 47.9 Å². The van der Waals surface area contributed by atoms with Crippen molar-refractivity contribution >= 4 is 17.5 Å². The molecule has 0 radical (unpaired) electrons. The number of ether oxygens (including phenoxy) is 3. The summed E-state index contributed by atoms with van der Waals surface area (Å²) in [7, 11) is 0. The number of piperidine rings is 1. The van der Waals surface area contributed by atoms with E-state index < -0.39 is 11.6 Å². The van der Waals surface area contributed by atoms with E-state index in [1.807, 2.05) is 20.8 Å². The number of benzene rings is 1. The minimum absolute atomic E-state index is 0.0135. The molecule has 2 heterocycles. The maximum Gasteiger partial charge on any atom is 0.410 e. The summed E-state index contributed by atoms with van der Waals surface area (Å²) in [6, 6.07) is 5.35. The zero-order chi connectivity index (χ0) is 23.1. The van der Waals surface area contributed by atoms with Gasteiger partial charge < -0.3 is 24.4 Å². The van der Waals surface area contributed by atoms with Crippen molar-refractivity contribution in [2.75, 3.05) is 25.0 Å². The number of hydrogen-bond donors (Lipinski definition) is 1. The van der Waals surface area contributed by atoms with Crippen molar-refractivity contribution in [1.29, 1.82) is 0 Å². The number of rotatable bonds is 8. The predicted octanol–water partition coefficient (Wildman–Crippen LogP) is 5.28. The lowest BCUT2D eigenvalue weighted by atomic mass is 10.1. The minimum atomic E-state index is -0.643. The minimum Gasteiger partial charge on any atom is -0.490 e. The Balaban J connectivity index is 1.58. The van der Waals surface area contributed by atoms with Crippen LogP contribution in [0, 0.1) is 11.6 Å². The second kappa shape index (κ2) is 11.0. The van der Waals surface area contributed by atoms with Crippen LogP contribution >= 0.6 is 0 Å². The molecule has 0 aliphatic carbocycles. The average Bonchev–Trinajstić information content (AvgIpc) is 2.75. The zero-order valence-electron chi connectivity index (χ0n) is 18.6. The van der Waals surface area contributed by atoms with E-state index in [1.165, 1.54) is 6.20 Å². The molecule has 1 amide bonds. The molecule has 1 N–H and O–H groups in total. The van der Waals surface area contributed by atoms with Gasteiger partial charge in [0.05, 0.1) is 18.4 Å². The molecule has 0 atom stereocenters. The van der Waals surface area contributed by atoms with E-state index in [-0.39, 0.29) is 29.7 Å². The first-order valence-corrected chi connectivity index (χ1v) is 10.8. The van der Waals surface area contributed by atoms with Crippen molar-refractivity contribution in [2.24, 2.45) is 0 Å². The van der Waals surface area contributed by atoms with Crippen LogP contribution in [0.2, 0.25) is 0 Å². The largest absolute Gasteiger partial charge is 0.490 e. The fourth-order valence-corrected chi connectivity index (χ4v) is 3.26. The molecule has 1 aliphatic heterocycles. The van der Waals surface area contributed by atoms with Crippen molar-refractivity contribution in [1.82, 2.24) is 9.88 Å². The summed E-state index contributed by atoms with van der Waals surface area (Å²) in [6.07, 6.45) is 2.93. The molecule has 1 fully saturated rings. The first-order valence-electron chi connectivity index (χ1n) is 10.8. The number of amides is 1. The fraction of sp³-hybridized carbons (Fsp3) is 0.478. The third-order valence-electron chi connectivity index (χ3n) is 4.82. The molecule has 0 bridgehead atoms. The van der Waals surface area contributed by atoms with Crippen molar-refractivity contribution in [3.8, 4) is 11.6 Å². The number of nitrogens with one attached hydrogen (secondary N) is 1. The molecule has 1 aromatic carbocycles. The molecule has 9 heteroatoms. The van der Waals surface area contributed by atoms with Gasteiger partial charge in [0.25, 0.3) is 0 Å². The van der Waals surface area contributed by atoms with E-state index in [1.54, 1.807) is 17.0 Å². The summed E-state index contributed by atoms with van der Waals surface area (Å²) in [5.74, 6) is -1.02. The standard InChI is InChI=1S/C23H29F2N3O4/c1-4-11-30-21-14-18(24)20(13-19(21)25)27-16-5-8-26-22(12-16)32-17-6-9-28(10-7-17)23(29)31-15(2)3/h5,8,12-15,17H,4,6-7,9-11H2,1-3H3,(H,26,27). The summed E-state index contributed by atoms with van der Waals surface area (Å²) in [5, 5.41) is 2.85. The summed E-state index contributed by atoms with van der Waals surface area (Å²) in [4.78, 5) is 17.9. The SMILES string of the molecule is CCCOc1cc(F)c(Nc2ccnc(OC3CCN(C(=O)OC(C)C)CC3)c2)cc1F. The van der Waals surface area contributed by atoms with Crippen molar-refractivity contribution < 1.29 is 27.8 Å². The molecule has 2 aromatic rings. The number of halogens is 2. The number of likely N-dealkylation sites (tertiary alicyclic amines) is 1. The van der Waals surface area contributed by atoms with Crippen LogP contribution in [0.15, 0.2) is 30.5 Å². The maximum absolute atomic E-state index is 14.4. The first-order chi connectivity index (χ1) is 15.4. The lowest BCUT2D eigenvalue weighted by molar-refractivity contribution is 0.0508. The highest BCUT2D eigenvalue weighted by atomic mass is 19.1. The van der Waals surface area contributed by atoms with Gasteiger partial charge in [-0.05, 0) is 26.3 Å². The van der Waals surface area contributed by atoms with Crippen LogP contribution in [0.1, 0.15) is 40.0 Å².